The second-order valence-corrected chi connectivity index (χ2v) is 4.94. The third kappa shape index (κ3) is 1.76. The summed E-state index contributed by atoms with van der Waals surface area (Å²) in [7, 11) is 1.92. The van der Waals surface area contributed by atoms with Crippen LogP contribution in [-0.4, -0.2) is 22.2 Å². The standard InChI is InChI=1S/C13H13BrN4/c1-15-7-11-12(14)13(18-17-11)9-6-16-10-5-3-2-4-8(9)10/h2-6,15-16H,7H2,1H3,(H,17,18). The largest absolute Gasteiger partial charge is 0.360 e. The fourth-order valence-electron chi connectivity index (χ4n) is 2.10. The van der Waals surface area contributed by atoms with Crippen molar-refractivity contribution in [3.05, 3.63) is 40.6 Å². The van der Waals surface area contributed by atoms with E-state index in [0.717, 1.165) is 33.5 Å². The molecule has 3 rings (SSSR count). The third-order valence-corrected chi connectivity index (χ3v) is 3.83. The Bertz CT molecular complexity index is 683. The van der Waals surface area contributed by atoms with Crippen molar-refractivity contribution < 1.29 is 0 Å². The van der Waals surface area contributed by atoms with E-state index in [1.807, 2.05) is 25.4 Å². The van der Waals surface area contributed by atoms with Crippen LogP contribution in [0.1, 0.15) is 5.69 Å². The highest BCUT2D eigenvalue weighted by molar-refractivity contribution is 9.10. The maximum Gasteiger partial charge on any atom is 0.109 e. The minimum Gasteiger partial charge on any atom is -0.360 e. The first-order valence-electron chi connectivity index (χ1n) is 5.75. The van der Waals surface area contributed by atoms with E-state index in [1.165, 1.54) is 5.39 Å². The average molecular weight is 305 g/mol. The normalized spacial score (nSPS) is 11.2. The number of hydrogen-bond acceptors (Lipinski definition) is 2. The number of hydrogen-bond donors (Lipinski definition) is 3. The van der Waals surface area contributed by atoms with E-state index in [1.54, 1.807) is 0 Å². The van der Waals surface area contributed by atoms with Crippen molar-refractivity contribution in [2.24, 2.45) is 0 Å². The molecule has 1 aromatic carbocycles. The van der Waals surface area contributed by atoms with Gasteiger partial charge in [-0.25, -0.2) is 0 Å². The molecule has 0 bridgehead atoms. The van der Waals surface area contributed by atoms with Crippen LogP contribution in [0, 0.1) is 0 Å². The molecule has 0 atom stereocenters. The molecule has 0 saturated carbocycles. The molecule has 0 aliphatic heterocycles. The molecule has 0 aliphatic rings. The van der Waals surface area contributed by atoms with Gasteiger partial charge in [-0.15, -0.1) is 0 Å². The van der Waals surface area contributed by atoms with E-state index < -0.39 is 0 Å². The Morgan fingerprint density at radius 2 is 2.17 bits per heavy atom. The second kappa shape index (κ2) is 4.59. The molecule has 3 N–H and O–H groups in total. The van der Waals surface area contributed by atoms with Crippen LogP contribution < -0.4 is 5.32 Å². The highest BCUT2D eigenvalue weighted by Gasteiger charge is 2.15. The summed E-state index contributed by atoms with van der Waals surface area (Å²) in [5.74, 6) is 0. The zero-order valence-electron chi connectivity index (χ0n) is 9.92. The molecular weight excluding hydrogens is 292 g/mol. The summed E-state index contributed by atoms with van der Waals surface area (Å²) >= 11 is 3.61. The number of para-hydroxylation sites is 1. The SMILES string of the molecule is CNCc1[nH]nc(-c2c[nH]c3ccccc23)c1Br. The summed E-state index contributed by atoms with van der Waals surface area (Å²) < 4.78 is 1.02. The summed E-state index contributed by atoms with van der Waals surface area (Å²) in [5, 5.41) is 11.7. The van der Waals surface area contributed by atoms with Crippen LogP contribution >= 0.6 is 15.9 Å². The number of benzene rings is 1. The Morgan fingerprint density at radius 1 is 1.33 bits per heavy atom. The summed E-state index contributed by atoms with van der Waals surface area (Å²) in [4.78, 5) is 3.26. The molecule has 0 aliphatic carbocycles. The maximum atomic E-state index is 4.40. The smallest absolute Gasteiger partial charge is 0.109 e. The molecule has 0 spiro atoms. The minimum absolute atomic E-state index is 0.760. The molecule has 0 radical (unpaired) electrons. The van der Waals surface area contributed by atoms with E-state index in [2.05, 4.69) is 48.6 Å². The number of fused-ring (bicyclic) bond motifs is 1. The lowest BCUT2D eigenvalue weighted by Crippen LogP contribution is -2.05. The molecule has 0 amide bonds. The first-order chi connectivity index (χ1) is 8.81. The Morgan fingerprint density at radius 3 is 3.00 bits per heavy atom. The van der Waals surface area contributed by atoms with Crippen LogP contribution in [0.2, 0.25) is 0 Å². The number of rotatable bonds is 3. The number of halogens is 1. The predicted octanol–water partition coefficient (Wildman–Crippen LogP) is 3.04. The summed E-state index contributed by atoms with van der Waals surface area (Å²) in [6.07, 6.45) is 1.99. The fraction of sp³-hybridized carbons (Fsp3) is 0.154. The number of nitrogens with zero attached hydrogens (tertiary/aromatic N) is 1. The Balaban J connectivity index is 2.15. The fourth-order valence-corrected chi connectivity index (χ4v) is 2.64. The molecular formula is C13H13BrN4. The van der Waals surface area contributed by atoms with Crippen LogP contribution in [0.3, 0.4) is 0 Å². The van der Waals surface area contributed by atoms with E-state index in [-0.39, 0.29) is 0 Å². The third-order valence-electron chi connectivity index (χ3n) is 2.97. The monoisotopic (exact) mass is 304 g/mol. The van der Waals surface area contributed by atoms with Gasteiger partial charge in [0, 0.05) is 29.2 Å². The zero-order valence-corrected chi connectivity index (χ0v) is 11.5. The highest BCUT2D eigenvalue weighted by Crippen LogP contribution is 2.33. The van der Waals surface area contributed by atoms with E-state index in [4.69, 9.17) is 0 Å². The van der Waals surface area contributed by atoms with Crippen LogP contribution in [-0.2, 0) is 6.54 Å². The molecule has 92 valence electrons. The molecule has 2 heterocycles. The summed E-state index contributed by atoms with van der Waals surface area (Å²) in [5.41, 5.74) is 4.23. The van der Waals surface area contributed by atoms with E-state index in [9.17, 15) is 0 Å². The molecule has 3 aromatic rings. The van der Waals surface area contributed by atoms with Gasteiger partial charge in [-0.3, -0.25) is 5.10 Å². The minimum atomic E-state index is 0.760. The van der Waals surface area contributed by atoms with Gasteiger partial charge >= 0.3 is 0 Å². The first-order valence-corrected chi connectivity index (χ1v) is 6.54. The van der Waals surface area contributed by atoms with Gasteiger partial charge in [0.25, 0.3) is 0 Å². The van der Waals surface area contributed by atoms with Crippen molar-refractivity contribution in [3.63, 3.8) is 0 Å². The molecule has 0 unspecified atom stereocenters. The number of H-pyrrole nitrogens is 2. The van der Waals surface area contributed by atoms with Crippen LogP contribution in [0.15, 0.2) is 34.9 Å². The Hall–Kier alpha value is -1.59. The topological polar surface area (TPSA) is 56.5 Å². The van der Waals surface area contributed by atoms with Gasteiger partial charge in [-0.1, -0.05) is 18.2 Å². The van der Waals surface area contributed by atoms with Gasteiger partial charge in [0.1, 0.15) is 5.69 Å². The number of aromatic nitrogens is 3. The van der Waals surface area contributed by atoms with Gasteiger partial charge in [-0.2, -0.15) is 5.10 Å². The maximum absolute atomic E-state index is 4.40. The van der Waals surface area contributed by atoms with Crippen LogP contribution in [0.4, 0.5) is 0 Å². The van der Waals surface area contributed by atoms with E-state index in [0.29, 0.717) is 0 Å². The number of nitrogens with one attached hydrogen (secondary N) is 3. The van der Waals surface area contributed by atoms with Crippen molar-refractivity contribution in [3.8, 4) is 11.3 Å². The molecule has 0 saturated heterocycles. The van der Waals surface area contributed by atoms with E-state index >= 15 is 0 Å². The van der Waals surface area contributed by atoms with Gasteiger partial charge < -0.3 is 10.3 Å². The second-order valence-electron chi connectivity index (χ2n) is 4.14. The Kier molecular flexibility index (Phi) is 2.93. The first kappa shape index (κ1) is 11.5. The van der Waals surface area contributed by atoms with Gasteiger partial charge in [-0.05, 0) is 29.0 Å². The molecule has 4 nitrogen and oxygen atoms in total. The highest BCUT2D eigenvalue weighted by atomic mass is 79.9. The van der Waals surface area contributed by atoms with Crippen molar-refractivity contribution in [1.82, 2.24) is 20.5 Å². The lowest BCUT2D eigenvalue weighted by Gasteiger charge is -1.97. The van der Waals surface area contributed by atoms with Crippen molar-refractivity contribution in [1.29, 1.82) is 0 Å². The van der Waals surface area contributed by atoms with Gasteiger partial charge in [0.05, 0.1) is 10.2 Å². The molecule has 5 heteroatoms. The van der Waals surface area contributed by atoms with Crippen molar-refractivity contribution in [2.75, 3.05) is 7.05 Å². The Labute approximate surface area is 113 Å². The average Bonchev–Trinajstić information content (AvgIpc) is 2.95. The lowest BCUT2D eigenvalue weighted by atomic mass is 10.1. The van der Waals surface area contributed by atoms with Crippen LogP contribution in [0.5, 0.6) is 0 Å². The predicted molar refractivity (Wildman–Crippen MR) is 76.3 cm³/mol. The molecule has 0 fully saturated rings. The molecule has 18 heavy (non-hydrogen) atoms. The van der Waals surface area contributed by atoms with Gasteiger partial charge in [0.2, 0.25) is 0 Å². The summed E-state index contributed by atoms with van der Waals surface area (Å²) in [6.45, 7) is 0.760. The van der Waals surface area contributed by atoms with Gasteiger partial charge in [0.15, 0.2) is 0 Å². The number of aromatic amines is 2. The quantitative estimate of drug-likeness (QED) is 0.696. The lowest BCUT2D eigenvalue weighted by molar-refractivity contribution is 0.781. The van der Waals surface area contributed by atoms with Crippen molar-refractivity contribution >= 4 is 26.8 Å². The van der Waals surface area contributed by atoms with Crippen LogP contribution in [0.25, 0.3) is 22.2 Å². The summed E-state index contributed by atoms with van der Waals surface area (Å²) in [6, 6.07) is 8.22. The van der Waals surface area contributed by atoms with Crippen molar-refractivity contribution in [2.45, 2.75) is 6.54 Å². The zero-order chi connectivity index (χ0) is 12.5. The molecule has 2 aromatic heterocycles.